The number of anilines is 1. The highest BCUT2D eigenvalue weighted by atomic mass is 16.5. The van der Waals surface area contributed by atoms with Crippen molar-refractivity contribution in [3.8, 4) is 5.75 Å². The molecule has 0 aliphatic carbocycles. The first kappa shape index (κ1) is 12.1. The van der Waals surface area contributed by atoms with Crippen LogP contribution in [0.4, 0.5) is 5.95 Å². The van der Waals surface area contributed by atoms with Crippen molar-refractivity contribution in [3.63, 3.8) is 0 Å². The lowest BCUT2D eigenvalue weighted by Crippen LogP contribution is -2.38. The van der Waals surface area contributed by atoms with Crippen LogP contribution in [0.1, 0.15) is 19.8 Å². The number of hydrogen-bond donors (Lipinski definition) is 1. The molecule has 1 unspecified atom stereocenters. The van der Waals surface area contributed by atoms with Crippen molar-refractivity contribution in [3.05, 3.63) is 12.4 Å². The summed E-state index contributed by atoms with van der Waals surface area (Å²) in [6, 6.07) is 0.517. The lowest BCUT2D eigenvalue weighted by Gasteiger charge is -2.28. The van der Waals surface area contributed by atoms with Gasteiger partial charge in [-0.1, -0.05) is 6.92 Å². The number of methoxy groups -OCH3 is 1. The Kier molecular flexibility index (Phi) is 4.14. The van der Waals surface area contributed by atoms with E-state index < -0.39 is 0 Å². The van der Waals surface area contributed by atoms with E-state index in [1.54, 1.807) is 19.5 Å². The van der Waals surface area contributed by atoms with Crippen LogP contribution in [-0.2, 0) is 0 Å². The van der Waals surface area contributed by atoms with Gasteiger partial charge in [0.1, 0.15) is 0 Å². The van der Waals surface area contributed by atoms with Crippen molar-refractivity contribution >= 4 is 5.95 Å². The van der Waals surface area contributed by atoms with E-state index >= 15 is 0 Å². The standard InChI is InChI=1S/C12H20N4O/c1-3-6-16(10-4-5-13-7-10)12-14-8-11(17-2)9-15-12/h8-10,13H,3-7H2,1-2H3. The van der Waals surface area contributed by atoms with Crippen LogP contribution in [0, 0.1) is 0 Å². The summed E-state index contributed by atoms with van der Waals surface area (Å²) < 4.78 is 5.08. The second kappa shape index (κ2) is 5.82. The number of nitrogens with zero attached hydrogens (tertiary/aromatic N) is 3. The summed E-state index contributed by atoms with van der Waals surface area (Å²) in [4.78, 5) is 11.0. The zero-order valence-corrected chi connectivity index (χ0v) is 10.5. The second-order valence-electron chi connectivity index (χ2n) is 4.26. The highest BCUT2D eigenvalue weighted by molar-refractivity contribution is 5.33. The number of hydrogen-bond acceptors (Lipinski definition) is 5. The van der Waals surface area contributed by atoms with E-state index in [9.17, 15) is 0 Å². The van der Waals surface area contributed by atoms with E-state index in [0.717, 1.165) is 38.4 Å². The average Bonchev–Trinajstić information content (AvgIpc) is 2.90. The van der Waals surface area contributed by atoms with Gasteiger partial charge < -0.3 is 15.0 Å². The summed E-state index contributed by atoms with van der Waals surface area (Å²) in [5.41, 5.74) is 0. The molecule has 0 amide bonds. The van der Waals surface area contributed by atoms with Gasteiger partial charge in [-0.25, -0.2) is 9.97 Å². The lowest BCUT2D eigenvalue weighted by molar-refractivity contribution is 0.410. The molecule has 1 saturated heterocycles. The number of aromatic nitrogens is 2. The second-order valence-corrected chi connectivity index (χ2v) is 4.26. The fraction of sp³-hybridized carbons (Fsp3) is 0.667. The van der Waals surface area contributed by atoms with Crippen molar-refractivity contribution in [1.29, 1.82) is 0 Å². The van der Waals surface area contributed by atoms with Crippen LogP contribution >= 0.6 is 0 Å². The molecule has 0 spiro atoms. The molecule has 1 aromatic heterocycles. The first-order valence-electron chi connectivity index (χ1n) is 6.18. The van der Waals surface area contributed by atoms with Gasteiger partial charge in [0, 0.05) is 19.1 Å². The SMILES string of the molecule is CCCN(c1ncc(OC)cn1)C1CCNC1. The lowest BCUT2D eigenvalue weighted by atomic mass is 10.2. The number of ether oxygens (including phenoxy) is 1. The third kappa shape index (κ3) is 2.85. The van der Waals surface area contributed by atoms with Crippen molar-refractivity contribution < 1.29 is 4.74 Å². The zero-order valence-electron chi connectivity index (χ0n) is 10.5. The Bertz CT molecular complexity index is 335. The summed E-state index contributed by atoms with van der Waals surface area (Å²) in [7, 11) is 1.63. The van der Waals surface area contributed by atoms with Crippen LogP contribution in [0.5, 0.6) is 5.75 Å². The molecule has 2 rings (SSSR count). The van der Waals surface area contributed by atoms with Crippen LogP contribution in [0.3, 0.4) is 0 Å². The molecule has 1 aliphatic heterocycles. The van der Waals surface area contributed by atoms with Crippen molar-refractivity contribution in [2.24, 2.45) is 0 Å². The molecule has 5 nitrogen and oxygen atoms in total. The third-order valence-corrected chi connectivity index (χ3v) is 3.05. The summed E-state index contributed by atoms with van der Waals surface area (Å²) in [5.74, 6) is 1.51. The van der Waals surface area contributed by atoms with Crippen LogP contribution in [-0.4, -0.2) is 42.8 Å². The number of rotatable bonds is 5. The topological polar surface area (TPSA) is 50.3 Å². The van der Waals surface area contributed by atoms with E-state index in [0.29, 0.717) is 11.8 Å². The van der Waals surface area contributed by atoms with Crippen LogP contribution in [0.2, 0.25) is 0 Å². The molecule has 1 N–H and O–H groups in total. The maximum atomic E-state index is 5.08. The van der Waals surface area contributed by atoms with E-state index in [-0.39, 0.29) is 0 Å². The predicted octanol–water partition coefficient (Wildman–Crippen LogP) is 1.06. The fourth-order valence-electron chi connectivity index (χ4n) is 2.16. The minimum absolute atomic E-state index is 0.517. The van der Waals surface area contributed by atoms with Gasteiger partial charge in [-0.2, -0.15) is 0 Å². The Labute approximate surface area is 102 Å². The van der Waals surface area contributed by atoms with Crippen molar-refractivity contribution in [1.82, 2.24) is 15.3 Å². The van der Waals surface area contributed by atoms with E-state index in [1.807, 2.05) is 0 Å². The summed E-state index contributed by atoms with van der Waals surface area (Å²) in [6.45, 7) is 5.29. The maximum Gasteiger partial charge on any atom is 0.225 e. The van der Waals surface area contributed by atoms with Crippen LogP contribution < -0.4 is 15.0 Å². The summed E-state index contributed by atoms with van der Waals surface area (Å²) >= 11 is 0. The first-order valence-corrected chi connectivity index (χ1v) is 6.18. The zero-order chi connectivity index (χ0) is 12.1. The number of nitrogens with one attached hydrogen (secondary N) is 1. The van der Waals surface area contributed by atoms with Gasteiger partial charge in [0.25, 0.3) is 0 Å². The maximum absolute atomic E-state index is 5.08. The van der Waals surface area contributed by atoms with Crippen LogP contribution in [0.15, 0.2) is 12.4 Å². The van der Waals surface area contributed by atoms with Crippen LogP contribution in [0.25, 0.3) is 0 Å². The van der Waals surface area contributed by atoms with Gasteiger partial charge in [0.15, 0.2) is 5.75 Å². The molecule has 0 radical (unpaired) electrons. The molecular formula is C12H20N4O. The quantitative estimate of drug-likeness (QED) is 0.828. The Morgan fingerprint density at radius 1 is 1.47 bits per heavy atom. The van der Waals surface area contributed by atoms with E-state index in [1.165, 1.54) is 0 Å². The molecule has 1 atom stereocenters. The molecule has 5 heteroatoms. The highest BCUT2D eigenvalue weighted by Crippen LogP contribution is 2.17. The molecular weight excluding hydrogens is 216 g/mol. The molecule has 0 bridgehead atoms. The molecule has 1 aromatic rings. The Hall–Kier alpha value is -1.36. The Balaban J connectivity index is 2.12. The highest BCUT2D eigenvalue weighted by Gasteiger charge is 2.23. The molecule has 17 heavy (non-hydrogen) atoms. The van der Waals surface area contributed by atoms with Gasteiger partial charge in [0.2, 0.25) is 5.95 Å². The van der Waals surface area contributed by atoms with Gasteiger partial charge in [-0.15, -0.1) is 0 Å². The first-order chi connectivity index (χ1) is 8.35. The molecule has 1 fully saturated rings. The van der Waals surface area contributed by atoms with E-state index in [4.69, 9.17) is 4.74 Å². The molecule has 0 saturated carbocycles. The Morgan fingerprint density at radius 3 is 2.76 bits per heavy atom. The molecule has 1 aliphatic rings. The van der Waals surface area contributed by atoms with E-state index in [2.05, 4.69) is 27.1 Å². The molecule has 94 valence electrons. The monoisotopic (exact) mass is 236 g/mol. The van der Waals surface area contributed by atoms with Gasteiger partial charge in [-0.05, 0) is 19.4 Å². The minimum Gasteiger partial charge on any atom is -0.494 e. The fourth-order valence-corrected chi connectivity index (χ4v) is 2.16. The third-order valence-electron chi connectivity index (χ3n) is 3.05. The Morgan fingerprint density at radius 2 is 2.24 bits per heavy atom. The van der Waals surface area contributed by atoms with Gasteiger partial charge in [0.05, 0.1) is 19.5 Å². The largest absolute Gasteiger partial charge is 0.494 e. The summed E-state index contributed by atoms with van der Waals surface area (Å²) in [5, 5.41) is 3.38. The minimum atomic E-state index is 0.517. The summed E-state index contributed by atoms with van der Waals surface area (Å²) in [6.07, 6.45) is 5.72. The average molecular weight is 236 g/mol. The van der Waals surface area contributed by atoms with Crippen molar-refractivity contribution in [2.45, 2.75) is 25.8 Å². The normalized spacial score (nSPS) is 19.3. The molecule has 2 heterocycles. The smallest absolute Gasteiger partial charge is 0.225 e. The van der Waals surface area contributed by atoms with Gasteiger partial charge >= 0.3 is 0 Å². The van der Waals surface area contributed by atoms with Gasteiger partial charge in [-0.3, -0.25) is 0 Å². The van der Waals surface area contributed by atoms with Crippen molar-refractivity contribution in [2.75, 3.05) is 31.6 Å². The predicted molar refractivity (Wildman–Crippen MR) is 67.5 cm³/mol. The molecule has 0 aromatic carbocycles.